The molecule has 0 fully saturated rings. The number of H-pyrrole nitrogens is 1. The number of nitrogens with one attached hydrogen (secondary N) is 1. The van der Waals surface area contributed by atoms with E-state index in [1.165, 1.54) is 0 Å². The van der Waals surface area contributed by atoms with E-state index in [4.69, 9.17) is 0 Å². The first-order valence-corrected chi connectivity index (χ1v) is 5.29. The number of hydrogen-bond donors (Lipinski definition) is 1. The maximum atomic E-state index is 11.7. The Labute approximate surface area is 95.3 Å². The summed E-state index contributed by atoms with van der Waals surface area (Å²) in [5.41, 5.74) is 1.83. The van der Waals surface area contributed by atoms with Crippen molar-refractivity contribution in [2.24, 2.45) is 0 Å². The molecule has 15 heavy (non-hydrogen) atoms. The summed E-state index contributed by atoms with van der Waals surface area (Å²) < 4.78 is 0.668. The number of rotatable bonds is 1. The van der Waals surface area contributed by atoms with Crippen LogP contribution in [0.25, 0.3) is 11.3 Å². The smallest absolute Gasteiger partial charge is 0.274 e. The molecule has 0 amide bonds. The van der Waals surface area contributed by atoms with Crippen LogP contribution in [-0.2, 0) is 0 Å². The van der Waals surface area contributed by atoms with Gasteiger partial charge in [-0.25, -0.2) is 4.98 Å². The third-order valence-corrected chi connectivity index (χ3v) is 2.85. The quantitative estimate of drug-likeness (QED) is 0.861. The maximum absolute atomic E-state index is 11.7. The Morgan fingerprint density at radius 2 is 1.93 bits per heavy atom. The summed E-state index contributed by atoms with van der Waals surface area (Å²) in [4.78, 5) is 18.6. The molecule has 0 spiro atoms. The van der Waals surface area contributed by atoms with E-state index in [0.29, 0.717) is 10.3 Å². The first-order chi connectivity index (χ1) is 7.18. The molecule has 1 aromatic heterocycles. The lowest BCUT2D eigenvalue weighted by Crippen LogP contribution is -2.13. The number of benzene rings is 1. The molecule has 0 aliphatic carbocycles. The van der Waals surface area contributed by atoms with Gasteiger partial charge < -0.3 is 4.98 Å². The average molecular weight is 265 g/mol. The fourth-order valence-electron chi connectivity index (χ4n) is 1.31. The third kappa shape index (κ3) is 1.99. The third-order valence-electron chi connectivity index (χ3n) is 2.08. The fourth-order valence-corrected chi connectivity index (χ4v) is 1.58. The minimum Gasteiger partial charge on any atom is -0.322 e. The molecular formula is C11H9BrN2O. The summed E-state index contributed by atoms with van der Waals surface area (Å²) in [6.45, 7) is 1.80. The van der Waals surface area contributed by atoms with Crippen LogP contribution in [0.1, 0.15) is 5.69 Å². The van der Waals surface area contributed by atoms with Crippen LogP contribution in [-0.4, -0.2) is 9.97 Å². The number of nitrogens with zero attached hydrogens (tertiary/aromatic N) is 1. The molecule has 4 heteroatoms. The van der Waals surface area contributed by atoms with Crippen LogP contribution in [0.5, 0.6) is 0 Å². The molecule has 0 atom stereocenters. The number of aromatic nitrogens is 2. The van der Waals surface area contributed by atoms with Gasteiger partial charge in [0, 0.05) is 11.3 Å². The lowest BCUT2D eigenvalue weighted by Gasteiger charge is -2.02. The molecule has 0 saturated carbocycles. The van der Waals surface area contributed by atoms with Gasteiger partial charge in [0.1, 0.15) is 10.3 Å². The molecule has 0 saturated heterocycles. The highest BCUT2D eigenvalue weighted by atomic mass is 79.9. The zero-order chi connectivity index (χ0) is 10.8. The first-order valence-electron chi connectivity index (χ1n) is 4.50. The fraction of sp³-hybridized carbons (Fsp3) is 0.0909. The number of halogens is 1. The van der Waals surface area contributed by atoms with Gasteiger partial charge in [0.15, 0.2) is 0 Å². The molecule has 76 valence electrons. The van der Waals surface area contributed by atoms with Crippen molar-refractivity contribution in [3.05, 3.63) is 51.0 Å². The van der Waals surface area contributed by atoms with Crippen LogP contribution in [0.15, 0.2) is 39.7 Å². The SMILES string of the molecule is Cc1[nH]c(=O)c(-c2ccccc2)nc1Br. The normalized spacial score (nSPS) is 10.3. The van der Waals surface area contributed by atoms with Crippen molar-refractivity contribution >= 4 is 15.9 Å². The van der Waals surface area contributed by atoms with E-state index in [1.54, 1.807) is 6.92 Å². The van der Waals surface area contributed by atoms with E-state index >= 15 is 0 Å². The van der Waals surface area contributed by atoms with E-state index in [-0.39, 0.29) is 5.56 Å². The van der Waals surface area contributed by atoms with Gasteiger partial charge in [0.25, 0.3) is 5.56 Å². The Balaban J connectivity index is 2.65. The molecule has 1 N–H and O–H groups in total. The molecule has 0 bridgehead atoms. The van der Waals surface area contributed by atoms with Crippen molar-refractivity contribution in [3.8, 4) is 11.3 Å². The molecular weight excluding hydrogens is 256 g/mol. The lowest BCUT2D eigenvalue weighted by molar-refractivity contribution is 1.05. The lowest BCUT2D eigenvalue weighted by atomic mass is 10.1. The molecule has 3 nitrogen and oxygen atoms in total. The Kier molecular flexibility index (Phi) is 2.68. The van der Waals surface area contributed by atoms with E-state index < -0.39 is 0 Å². The van der Waals surface area contributed by atoms with E-state index in [9.17, 15) is 4.79 Å². The summed E-state index contributed by atoms with van der Waals surface area (Å²) in [5.74, 6) is 0. The molecule has 0 aliphatic heterocycles. The van der Waals surface area contributed by atoms with Crippen molar-refractivity contribution in [1.29, 1.82) is 0 Å². The summed E-state index contributed by atoms with van der Waals surface area (Å²) in [6.07, 6.45) is 0. The van der Waals surface area contributed by atoms with Gasteiger partial charge in [0.05, 0.1) is 0 Å². The number of aryl methyl sites for hydroxylation is 1. The molecule has 0 aliphatic rings. The van der Waals surface area contributed by atoms with Crippen molar-refractivity contribution in [1.82, 2.24) is 9.97 Å². The highest BCUT2D eigenvalue weighted by Gasteiger charge is 2.07. The van der Waals surface area contributed by atoms with Crippen LogP contribution >= 0.6 is 15.9 Å². The molecule has 1 heterocycles. The van der Waals surface area contributed by atoms with Gasteiger partial charge in [-0.1, -0.05) is 30.3 Å². The minimum atomic E-state index is -0.165. The summed E-state index contributed by atoms with van der Waals surface area (Å²) in [6, 6.07) is 9.38. The van der Waals surface area contributed by atoms with E-state index in [0.717, 1.165) is 11.3 Å². The van der Waals surface area contributed by atoms with Crippen LogP contribution in [0, 0.1) is 6.92 Å². The second-order valence-electron chi connectivity index (χ2n) is 3.20. The molecule has 2 rings (SSSR count). The standard InChI is InChI=1S/C11H9BrN2O/c1-7-10(12)14-9(11(15)13-7)8-5-3-2-4-6-8/h2-6H,1H3,(H,13,15). The van der Waals surface area contributed by atoms with Gasteiger partial charge in [-0.3, -0.25) is 4.79 Å². The summed E-state index contributed by atoms with van der Waals surface area (Å²) >= 11 is 3.30. The second-order valence-corrected chi connectivity index (χ2v) is 3.95. The van der Waals surface area contributed by atoms with Gasteiger partial charge in [-0.15, -0.1) is 0 Å². The van der Waals surface area contributed by atoms with Gasteiger partial charge in [-0.05, 0) is 22.9 Å². The Morgan fingerprint density at radius 1 is 1.27 bits per heavy atom. The minimum absolute atomic E-state index is 0.165. The summed E-state index contributed by atoms with van der Waals surface area (Å²) in [5, 5.41) is 0. The highest BCUT2D eigenvalue weighted by molar-refractivity contribution is 9.10. The second kappa shape index (κ2) is 3.98. The average Bonchev–Trinajstić information content (AvgIpc) is 2.25. The maximum Gasteiger partial charge on any atom is 0.274 e. The highest BCUT2D eigenvalue weighted by Crippen LogP contribution is 2.15. The molecule has 2 aromatic rings. The predicted molar refractivity (Wildman–Crippen MR) is 62.7 cm³/mol. The Hall–Kier alpha value is -1.42. The topological polar surface area (TPSA) is 45.8 Å². The van der Waals surface area contributed by atoms with Crippen molar-refractivity contribution < 1.29 is 0 Å². The van der Waals surface area contributed by atoms with Gasteiger partial charge >= 0.3 is 0 Å². The molecule has 0 unspecified atom stereocenters. The van der Waals surface area contributed by atoms with Crippen LogP contribution in [0.2, 0.25) is 0 Å². The molecule has 0 radical (unpaired) electrons. The number of aromatic amines is 1. The largest absolute Gasteiger partial charge is 0.322 e. The van der Waals surface area contributed by atoms with Crippen LogP contribution < -0.4 is 5.56 Å². The zero-order valence-electron chi connectivity index (χ0n) is 8.12. The van der Waals surface area contributed by atoms with E-state index in [2.05, 4.69) is 25.9 Å². The first kappa shape index (κ1) is 10.1. The van der Waals surface area contributed by atoms with Gasteiger partial charge in [-0.2, -0.15) is 0 Å². The van der Waals surface area contributed by atoms with Crippen molar-refractivity contribution in [2.75, 3.05) is 0 Å². The van der Waals surface area contributed by atoms with Crippen molar-refractivity contribution in [2.45, 2.75) is 6.92 Å². The Bertz CT molecular complexity index is 534. The Morgan fingerprint density at radius 3 is 2.60 bits per heavy atom. The van der Waals surface area contributed by atoms with Crippen LogP contribution in [0.3, 0.4) is 0 Å². The summed E-state index contributed by atoms with van der Waals surface area (Å²) in [7, 11) is 0. The van der Waals surface area contributed by atoms with Crippen molar-refractivity contribution in [3.63, 3.8) is 0 Å². The monoisotopic (exact) mass is 264 g/mol. The van der Waals surface area contributed by atoms with Crippen LogP contribution in [0.4, 0.5) is 0 Å². The van der Waals surface area contributed by atoms with E-state index in [1.807, 2.05) is 30.3 Å². The predicted octanol–water partition coefficient (Wildman–Crippen LogP) is 2.51. The molecule has 1 aromatic carbocycles. The number of hydrogen-bond acceptors (Lipinski definition) is 2. The zero-order valence-corrected chi connectivity index (χ0v) is 9.71. The van der Waals surface area contributed by atoms with Gasteiger partial charge in [0.2, 0.25) is 0 Å².